The standard InChI is InChI=1S/C18H25ClN2O3/c1-13-12-24-17(15-6-2-3-7-16(15)19)11-21(13)18(22)10-20-9-14-5-4-8-23-14/h2-3,6-7,13-14,17,20H,4-5,8-12H2,1H3/t13-,14-,17+/m1/s1. The molecule has 2 aliphatic heterocycles. The molecule has 0 aromatic heterocycles. The lowest BCUT2D eigenvalue weighted by Crippen LogP contribution is -2.51. The first-order chi connectivity index (χ1) is 11.6. The number of ether oxygens (including phenoxy) is 2. The Morgan fingerprint density at radius 3 is 2.96 bits per heavy atom. The van der Waals surface area contributed by atoms with Crippen molar-refractivity contribution < 1.29 is 14.3 Å². The number of amides is 1. The van der Waals surface area contributed by atoms with Crippen molar-refractivity contribution in [3.8, 4) is 0 Å². The smallest absolute Gasteiger partial charge is 0.236 e. The maximum atomic E-state index is 12.6. The molecule has 1 N–H and O–H groups in total. The van der Waals surface area contributed by atoms with Crippen LogP contribution in [0.5, 0.6) is 0 Å². The van der Waals surface area contributed by atoms with E-state index >= 15 is 0 Å². The van der Waals surface area contributed by atoms with Gasteiger partial charge in [0.1, 0.15) is 6.10 Å². The van der Waals surface area contributed by atoms with Gasteiger partial charge in [-0.15, -0.1) is 0 Å². The van der Waals surface area contributed by atoms with Crippen LogP contribution in [-0.4, -0.2) is 55.8 Å². The summed E-state index contributed by atoms with van der Waals surface area (Å²) in [5, 5.41) is 3.91. The molecule has 3 rings (SSSR count). The molecule has 5 nitrogen and oxygen atoms in total. The zero-order chi connectivity index (χ0) is 16.9. The number of benzene rings is 1. The molecule has 132 valence electrons. The molecule has 3 atom stereocenters. The highest BCUT2D eigenvalue weighted by molar-refractivity contribution is 6.31. The van der Waals surface area contributed by atoms with Crippen LogP contribution in [0.4, 0.5) is 0 Å². The van der Waals surface area contributed by atoms with Crippen LogP contribution in [0.1, 0.15) is 31.4 Å². The van der Waals surface area contributed by atoms with E-state index in [1.54, 1.807) is 0 Å². The number of carbonyl (C=O) groups is 1. The summed E-state index contributed by atoms with van der Waals surface area (Å²) in [7, 11) is 0. The number of carbonyl (C=O) groups excluding carboxylic acids is 1. The van der Waals surface area contributed by atoms with Gasteiger partial charge >= 0.3 is 0 Å². The second kappa shape index (κ2) is 8.30. The minimum absolute atomic E-state index is 0.0702. The van der Waals surface area contributed by atoms with Crippen LogP contribution in [-0.2, 0) is 14.3 Å². The van der Waals surface area contributed by atoms with Gasteiger partial charge in [-0.25, -0.2) is 0 Å². The maximum absolute atomic E-state index is 12.6. The Morgan fingerprint density at radius 2 is 2.21 bits per heavy atom. The van der Waals surface area contributed by atoms with Gasteiger partial charge in [-0.1, -0.05) is 29.8 Å². The first kappa shape index (κ1) is 17.7. The Balaban J connectivity index is 1.55. The number of nitrogens with zero attached hydrogens (tertiary/aromatic N) is 1. The van der Waals surface area contributed by atoms with Crippen molar-refractivity contribution in [2.75, 3.05) is 32.8 Å². The Morgan fingerprint density at radius 1 is 1.38 bits per heavy atom. The summed E-state index contributed by atoms with van der Waals surface area (Å²) in [6, 6.07) is 7.72. The van der Waals surface area contributed by atoms with Gasteiger partial charge in [-0.05, 0) is 25.8 Å². The SMILES string of the molecule is C[C@@H]1CO[C@H](c2ccccc2Cl)CN1C(=O)CNC[C@H]1CCCO1. The van der Waals surface area contributed by atoms with Crippen LogP contribution < -0.4 is 5.32 Å². The number of nitrogens with one attached hydrogen (secondary N) is 1. The van der Waals surface area contributed by atoms with Gasteiger partial charge in [-0.3, -0.25) is 4.79 Å². The summed E-state index contributed by atoms with van der Waals surface area (Å²) in [5.74, 6) is 0.0980. The van der Waals surface area contributed by atoms with Crippen LogP contribution in [0.25, 0.3) is 0 Å². The molecule has 0 radical (unpaired) electrons. The highest BCUT2D eigenvalue weighted by Gasteiger charge is 2.31. The van der Waals surface area contributed by atoms with Crippen molar-refractivity contribution >= 4 is 17.5 Å². The van der Waals surface area contributed by atoms with Gasteiger partial charge in [0.05, 0.1) is 31.8 Å². The summed E-state index contributed by atoms with van der Waals surface area (Å²) in [5.41, 5.74) is 0.941. The minimum Gasteiger partial charge on any atom is -0.377 e. The molecule has 0 saturated carbocycles. The van der Waals surface area contributed by atoms with Gasteiger partial charge in [0.2, 0.25) is 5.91 Å². The summed E-state index contributed by atoms with van der Waals surface area (Å²) in [6.45, 7) is 4.97. The van der Waals surface area contributed by atoms with E-state index in [9.17, 15) is 4.79 Å². The molecule has 0 aliphatic carbocycles. The Bertz CT molecular complexity index is 563. The summed E-state index contributed by atoms with van der Waals surface area (Å²) in [4.78, 5) is 14.5. The fraction of sp³-hybridized carbons (Fsp3) is 0.611. The van der Waals surface area contributed by atoms with Gasteiger partial charge in [-0.2, -0.15) is 0 Å². The zero-order valence-electron chi connectivity index (χ0n) is 14.0. The van der Waals surface area contributed by atoms with Crippen molar-refractivity contribution in [2.24, 2.45) is 0 Å². The number of hydrogen-bond acceptors (Lipinski definition) is 4. The average molecular weight is 353 g/mol. The third-order valence-electron chi connectivity index (χ3n) is 4.68. The van der Waals surface area contributed by atoms with Gasteiger partial charge in [0.15, 0.2) is 0 Å². The summed E-state index contributed by atoms with van der Waals surface area (Å²) >= 11 is 6.27. The predicted molar refractivity (Wildman–Crippen MR) is 93.2 cm³/mol. The van der Waals surface area contributed by atoms with Crippen molar-refractivity contribution in [3.63, 3.8) is 0 Å². The van der Waals surface area contributed by atoms with E-state index in [1.807, 2.05) is 36.1 Å². The van der Waals surface area contributed by atoms with Crippen LogP contribution >= 0.6 is 11.6 Å². The van der Waals surface area contributed by atoms with Crippen molar-refractivity contribution in [1.29, 1.82) is 0 Å². The van der Waals surface area contributed by atoms with E-state index in [-0.39, 0.29) is 24.2 Å². The molecule has 6 heteroatoms. The molecule has 0 spiro atoms. The lowest BCUT2D eigenvalue weighted by atomic mass is 10.1. The van der Waals surface area contributed by atoms with Gasteiger partial charge < -0.3 is 19.7 Å². The molecule has 2 saturated heterocycles. The van der Waals surface area contributed by atoms with Crippen LogP contribution in [0, 0.1) is 0 Å². The Labute approximate surface area is 148 Å². The lowest BCUT2D eigenvalue weighted by Gasteiger charge is -2.38. The van der Waals surface area contributed by atoms with Gasteiger partial charge in [0.25, 0.3) is 0 Å². The summed E-state index contributed by atoms with van der Waals surface area (Å²) < 4.78 is 11.5. The van der Waals surface area contributed by atoms with Crippen molar-refractivity contribution in [1.82, 2.24) is 10.2 Å². The van der Waals surface area contributed by atoms with Crippen LogP contribution in [0.3, 0.4) is 0 Å². The van der Waals surface area contributed by atoms with Crippen molar-refractivity contribution in [2.45, 2.75) is 38.0 Å². The number of rotatable bonds is 5. The molecule has 2 heterocycles. The molecule has 1 aromatic carbocycles. The molecular weight excluding hydrogens is 328 g/mol. The zero-order valence-corrected chi connectivity index (χ0v) is 14.8. The molecule has 2 fully saturated rings. The maximum Gasteiger partial charge on any atom is 0.236 e. The van der Waals surface area contributed by atoms with E-state index in [1.165, 1.54) is 0 Å². The number of hydrogen-bond donors (Lipinski definition) is 1. The molecule has 0 unspecified atom stereocenters. The fourth-order valence-corrected chi connectivity index (χ4v) is 3.53. The molecule has 1 amide bonds. The van der Waals surface area contributed by atoms with E-state index in [4.69, 9.17) is 21.1 Å². The van der Waals surface area contributed by atoms with E-state index < -0.39 is 0 Å². The van der Waals surface area contributed by atoms with Crippen LogP contribution in [0.2, 0.25) is 5.02 Å². The minimum atomic E-state index is -0.169. The number of halogens is 1. The Hall–Kier alpha value is -1.14. The second-order valence-electron chi connectivity index (χ2n) is 6.50. The topological polar surface area (TPSA) is 50.8 Å². The van der Waals surface area contributed by atoms with E-state index in [0.717, 1.165) is 31.6 Å². The molecule has 0 bridgehead atoms. The predicted octanol–water partition coefficient (Wildman–Crippen LogP) is 2.40. The number of morpholine rings is 1. The van der Waals surface area contributed by atoms with Crippen molar-refractivity contribution in [3.05, 3.63) is 34.9 Å². The van der Waals surface area contributed by atoms with Crippen LogP contribution in [0.15, 0.2) is 24.3 Å². The monoisotopic (exact) mass is 352 g/mol. The van der Waals surface area contributed by atoms with Gasteiger partial charge in [0, 0.05) is 23.7 Å². The quantitative estimate of drug-likeness (QED) is 0.884. The third-order valence-corrected chi connectivity index (χ3v) is 5.02. The first-order valence-electron chi connectivity index (χ1n) is 8.63. The van der Waals surface area contributed by atoms with E-state index in [0.29, 0.717) is 24.7 Å². The van der Waals surface area contributed by atoms with E-state index in [2.05, 4.69) is 5.32 Å². The molecule has 24 heavy (non-hydrogen) atoms. The first-order valence-corrected chi connectivity index (χ1v) is 9.00. The largest absolute Gasteiger partial charge is 0.377 e. The fourth-order valence-electron chi connectivity index (χ4n) is 3.28. The molecular formula is C18H25ClN2O3. The Kier molecular flexibility index (Phi) is 6.11. The normalized spacial score (nSPS) is 27.4. The molecule has 2 aliphatic rings. The second-order valence-corrected chi connectivity index (χ2v) is 6.91. The highest BCUT2D eigenvalue weighted by Crippen LogP contribution is 2.29. The highest BCUT2D eigenvalue weighted by atomic mass is 35.5. The lowest BCUT2D eigenvalue weighted by molar-refractivity contribution is -0.143. The summed E-state index contributed by atoms with van der Waals surface area (Å²) in [6.07, 6.45) is 2.26. The third kappa shape index (κ3) is 4.28. The molecule has 1 aromatic rings. The average Bonchev–Trinajstić information content (AvgIpc) is 3.09.